The zero-order valence-electron chi connectivity index (χ0n) is 15.4. The Labute approximate surface area is 158 Å². The Bertz CT molecular complexity index is 787. The molecule has 2 N–H and O–H groups in total. The van der Waals surface area contributed by atoms with Crippen molar-refractivity contribution in [1.29, 1.82) is 0 Å². The van der Waals surface area contributed by atoms with Crippen LogP contribution in [0.1, 0.15) is 25.3 Å². The lowest BCUT2D eigenvalue weighted by Crippen LogP contribution is -2.34. The second kappa shape index (κ2) is 8.68. The van der Waals surface area contributed by atoms with Crippen LogP contribution in [0.25, 0.3) is 0 Å². The van der Waals surface area contributed by atoms with E-state index in [4.69, 9.17) is 9.84 Å². The highest BCUT2D eigenvalue weighted by atomic mass is 16.5. The predicted octanol–water partition coefficient (Wildman–Crippen LogP) is 2.75. The van der Waals surface area contributed by atoms with E-state index in [2.05, 4.69) is 5.32 Å². The number of ether oxygens (including phenoxy) is 1. The molecule has 27 heavy (non-hydrogen) atoms. The molecule has 1 unspecified atom stereocenters. The van der Waals surface area contributed by atoms with E-state index in [1.807, 2.05) is 31.2 Å². The number of carbonyl (C=O) groups is 2. The summed E-state index contributed by atoms with van der Waals surface area (Å²) in [7, 11) is 0. The second-order valence-electron chi connectivity index (χ2n) is 6.48. The zero-order valence-corrected chi connectivity index (χ0v) is 15.4. The molecule has 0 radical (unpaired) electrons. The molecule has 0 spiro atoms. The van der Waals surface area contributed by atoms with Gasteiger partial charge in [-0.1, -0.05) is 19.1 Å². The van der Waals surface area contributed by atoms with Crippen molar-refractivity contribution in [3.8, 4) is 5.75 Å². The van der Waals surface area contributed by atoms with Crippen molar-refractivity contribution in [2.24, 2.45) is 0 Å². The topological polar surface area (TPSA) is 78.9 Å². The van der Waals surface area contributed by atoms with Crippen LogP contribution in [0.2, 0.25) is 0 Å². The van der Waals surface area contributed by atoms with Crippen molar-refractivity contribution >= 4 is 23.2 Å². The van der Waals surface area contributed by atoms with Crippen LogP contribution < -0.4 is 15.0 Å². The summed E-state index contributed by atoms with van der Waals surface area (Å²) in [6.07, 6.45) is 1.62. The fourth-order valence-corrected chi connectivity index (χ4v) is 3.03. The lowest BCUT2D eigenvalue weighted by atomic mass is 10.1. The fourth-order valence-electron chi connectivity index (χ4n) is 3.03. The van der Waals surface area contributed by atoms with Crippen molar-refractivity contribution in [3.05, 3.63) is 54.1 Å². The summed E-state index contributed by atoms with van der Waals surface area (Å²) in [6, 6.07) is 13.9. The van der Waals surface area contributed by atoms with Crippen LogP contribution in [-0.4, -0.2) is 36.2 Å². The summed E-state index contributed by atoms with van der Waals surface area (Å²) in [4.78, 5) is 26.3. The Balaban J connectivity index is 1.67. The average molecular weight is 368 g/mol. The van der Waals surface area contributed by atoms with Crippen LogP contribution in [-0.2, 0) is 16.0 Å². The molecule has 1 aliphatic heterocycles. The number of nitrogens with zero attached hydrogens (tertiary/aromatic N) is 1. The Morgan fingerprint density at radius 1 is 1.11 bits per heavy atom. The summed E-state index contributed by atoms with van der Waals surface area (Å²) >= 11 is 0. The maximum atomic E-state index is 12.7. The summed E-state index contributed by atoms with van der Waals surface area (Å²) in [5.41, 5.74) is 2.34. The minimum atomic E-state index is -0.586. The largest absolute Gasteiger partial charge is 0.494 e. The molecule has 1 atom stereocenters. The molecular weight excluding hydrogens is 344 g/mol. The molecule has 2 aromatic rings. The maximum Gasteiger partial charge on any atom is 0.256 e. The molecule has 1 heterocycles. The number of nitrogens with one attached hydrogen (secondary N) is 1. The molecule has 142 valence electrons. The van der Waals surface area contributed by atoms with Gasteiger partial charge in [0.25, 0.3) is 5.91 Å². The van der Waals surface area contributed by atoms with Crippen LogP contribution >= 0.6 is 0 Å². The molecule has 6 nitrogen and oxygen atoms in total. The molecule has 1 saturated heterocycles. The average Bonchev–Trinajstić information content (AvgIpc) is 2.95. The summed E-state index contributed by atoms with van der Waals surface area (Å²) in [5, 5.41) is 12.1. The number of anilines is 2. The lowest BCUT2D eigenvalue weighted by molar-refractivity contribution is -0.121. The van der Waals surface area contributed by atoms with Gasteiger partial charge >= 0.3 is 0 Å². The quantitative estimate of drug-likeness (QED) is 0.701. The van der Waals surface area contributed by atoms with E-state index in [0.29, 0.717) is 18.7 Å². The van der Waals surface area contributed by atoms with Gasteiger partial charge in [-0.25, -0.2) is 4.90 Å². The van der Waals surface area contributed by atoms with Crippen molar-refractivity contribution in [1.82, 2.24) is 0 Å². The zero-order chi connectivity index (χ0) is 19.2. The number of amides is 2. The third kappa shape index (κ3) is 4.46. The molecule has 3 rings (SSSR count). The molecule has 0 aromatic heterocycles. The van der Waals surface area contributed by atoms with Gasteiger partial charge in [-0.05, 0) is 54.8 Å². The van der Waals surface area contributed by atoms with Gasteiger partial charge < -0.3 is 15.2 Å². The Morgan fingerprint density at radius 2 is 1.81 bits per heavy atom. The molecule has 0 bridgehead atoms. The third-order valence-electron chi connectivity index (χ3n) is 4.41. The van der Waals surface area contributed by atoms with Gasteiger partial charge in [0, 0.05) is 12.3 Å². The number of rotatable bonds is 8. The van der Waals surface area contributed by atoms with E-state index in [1.165, 1.54) is 4.90 Å². The number of carbonyl (C=O) groups excluding carboxylic acids is 2. The third-order valence-corrected chi connectivity index (χ3v) is 4.41. The van der Waals surface area contributed by atoms with Crippen molar-refractivity contribution in [2.45, 2.75) is 32.2 Å². The van der Waals surface area contributed by atoms with Crippen LogP contribution in [0, 0.1) is 0 Å². The molecule has 1 fully saturated rings. The van der Waals surface area contributed by atoms with E-state index in [0.717, 1.165) is 23.4 Å². The number of imide groups is 1. The Morgan fingerprint density at radius 3 is 2.44 bits per heavy atom. The highest BCUT2D eigenvalue weighted by molar-refractivity contribution is 6.23. The fraction of sp³-hybridized carbons (Fsp3) is 0.333. The highest BCUT2D eigenvalue weighted by Crippen LogP contribution is 2.27. The van der Waals surface area contributed by atoms with E-state index < -0.39 is 6.04 Å². The van der Waals surface area contributed by atoms with Crippen LogP contribution in [0.5, 0.6) is 5.75 Å². The van der Waals surface area contributed by atoms with E-state index in [-0.39, 0.29) is 24.8 Å². The standard InChI is InChI=1S/C21H24N2O4/c1-2-13-27-18-9-7-17(8-10-18)23-20(25)14-19(21(23)26)22-16-5-3-15(4-6-16)11-12-24/h3-10,19,22,24H,2,11-14H2,1H3. The summed E-state index contributed by atoms with van der Waals surface area (Å²) in [6.45, 7) is 2.76. The normalized spacial score (nSPS) is 16.7. The smallest absolute Gasteiger partial charge is 0.256 e. The van der Waals surface area contributed by atoms with Gasteiger partial charge in [-0.15, -0.1) is 0 Å². The minimum absolute atomic E-state index is 0.0968. The van der Waals surface area contributed by atoms with Gasteiger partial charge in [0.05, 0.1) is 18.7 Å². The van der Waals surface area contributed by atoms with Crippen molar-refractivity contribution in [3.63, 3.8) is 0 Å². The molecule has 2 aromatic carbocycles. The lowest BCUT2D eigenvalue weighted by Gasteiger charge is -2.17. The number of benzene rings is 2. The Hall–Kier alpha value is -2.86. The van der Waals surface area contributed by atoms with E-state index in [1.54, 1.807) is 24.3 Å². The first kappa shape index (κ1) is 18.9. The first-order valence-electron chi connectivity index (χ1n) is 9.18. The van der Waals surface area contributed by atoms with Gasteiger partial charge in [0.1, 0.15) is 11.8 Å². The van der Waals surface area contributed by atoms with Crippen LogP contribution in [0.15, 0.2) is 48.5 Å². The minimum Gasteiger partial charge on any atom is -0.494 e. The first-order chi connectivity index (χ1) is 13.1. The van der Waals surface area contributed by atoms with Crippen LogP contribution in [0.3, 0.4) is 0 Å². The van der Waals surface area contributed by atoms with E-state index in [9.17, 15) is 9.59 Å². The molecule has 2 amide bonds. The van der Waals surface area contributed by atoms with Gasteiger partial charge in [-0.2, -0.15) is 0 Å². The van der Waals surface area contributed by atoms with Crippen molar-refractivity contribution in [2.75, 3.05) is 23.4 Å². The molecular formula is C21H24N2O4. The van der Waals surface area contributed by atoms with Crippen molar-refractivity contribution < 1.29 is 19.4 Å². The molecule has 0 aliphatic carbocycles. The maximum absolute atomic E-state index is 12.7. The predicted molar refractivity (Wildman–Crippen MR) is 104 cm³/mol. The Kier molecular flexibility index (Phi) is 6.08. The number of hydrogen-bond donors (Lipinski definition) is 2. The van der Waals surface area contributed by atoms with Crippen LogP contribution in [0.4, 0.5) is 11.4 Å². The summed E-state index contributed by atoms with van der Waals surface area (Å²) in [5.74, 6) is 0.232. The summed E-state index contributed by atoms with van der Waals surface area (Å²) < 4.78 is 5.54. The second-order valence-corrected chi connectivity index (χ2v) is 6.48. The SMILES string of the molecule is CCCOc1ccc(N2C(=O)CC(Nc3ccc(CCO)cc3)C2=O)cc1. The number of hydrogen-bond acceptors (Lipinski definition) is 5. The van der Waals surface area contributed by atoms with Gasteiger partial charge in [0.15, 0.2) is 0 Å². The first-order valence-corrected chi connectivity index (χ1v) is 9.18. The van der Waals surface area contributed by atoms with E-state index >= 15 is 0 Å². The highest BCUT2D eigenvalue weighted by Gasteiger charge is 2.39. The molecule has 6 heteroatoms. The van der Waals surface area contributed by atoms with Gasteiger partial charge in [-0.3, -0.25) is 9.59 Å². The molecule has 1 aliphatic rings. The molecule has 0 saturated carbocycles. The monoisotopic (exact) mass is 368 g/mol. The number of aliphatic hydroxyl groups is 1. The number of aliphatic hydroxyl groups excluding tert-OH is 1. The van der Waals surface area contributed by atoms with Gasteiger partial charge in [0.2, 0.25) is 5.91 Å².